The number of imide groups is 1. The van der Waals surface area contributed by atoms with E-state index < -0.39 is 24.7 Å². The fourth-order valence-corrected chi connectivity index (χ4v) is 2.33. The van der Waals surface area contributed by atoms with Crippen molar-refractivity contribution in [3.05, 3.63) is 35.0 Å². The summed E-state index contributed by atoms with van der Waals surface area (Å²) >= 11 is 1.52. The first-order valence-electron chi connectivity index (χ1n) is 6.30. The molecule has 2 N–H and O–H groups in total. The number of hydrogen-bond acceptors (Lipinski definition) is 4. The van der Waals surface area contributed by atoms with E-state index in [0.717, 1.165) is 4.88 Å². The number of thiophene rings is 1. The average Bonchev–Trinajstić information content (AvgIpc) is 2.88. The van der Waals surface area contributed by atoms with Gasteiger partial charge in [0.05, 0.1) is 6.54 Å². The van der Waals surface area contributed by atoms with Crippen LogP contribution < -0.4 is 10.6 Å². The maximum absolute atomic E-state index is 11.9. The van der Waals surface area contributed by atoms with Gasteiger partial charge in [-0.15, -0.1) is 17.9 Å². The molecular formula is C13H16F3N3O2S. The van der Waals surface area contributed by atoms with Crippen molar-refractivity contribution < 1.29 is 22.8 Å². The van der Waals surface area contributed by atoms with Crippen LogP contribution in [-0.4, -0.2) is 42.6 Å². The first-order chi connectivity index (χ1) is 10.3. The van der Waals surface area contributed by atoms with Gasteiger partial charge in [0.2, 0.25) is 5.91 Å². The highest BCUT2D eigenvalue weighted by Crippen LogP contribution is 2.12. The minimum Gasteiger partial charge on any atom is -0.329 e. The second-order valence-corrected chi connectivity index (χ2v) is 5.42. The van der Waals surface area contributed by atoms with Gasteiger partial charge >= 0.3 is 12.2 Å². The number of urea groups is 1. The molecule has 0 spiro atoms. The summed E-state index contributed by atoms with van der Waals surface area (Å²) in [6.07, 6.45) is -2.92. The Morgan fingerprint density at radius 3 is 2.68 bits per heavy atom. The molecule has 0 unspecified atom stereocenters. The van der Waals surface area contributed by atoms with E-state index >= 15 is 0 Å². The van der Waals surface area contributed by atoms with Crippen LogP contribution >= 0.6 is 11.3 Å². The molecule has 0 aliphatic carbocycles. The summed E-state index contributed by atoms with van der Waals surface area (Å²) in [4.78, 5) is 25.6. The van der Waals surface area contributed by atoms with E-state index in [0.29, 0.717) is 13.1 Å². The number of rotatable bonds is 7. The normalized spacial score (nSPS) is 11.3. The van der Waals surface area contributed by atoms with Crippen LogP contribution in [0.3, 0.4) is 0 Å². The van der Waals surface area contributed by atoms with Crippen molar-refractivity contribution in [2.24, 2.45) is 0 Å². The van der Waals surface area contributed by atoms with E-state index in [-0.39, 0.29) is 6.54 Å². The maximum Gasteiger partial charge on any atom is 0.405 e. The highest BCUT2D eigenvalue weighted by molar-refractivity contribution is 7.09. The molecule has 0 fully saturated rings. The van der Waals surface area contributed by atoms with Crippen molar-refractivity contribution in [1.82, 2.24) is 15.5 Å². The van der Waals surface area contributed by atoms with Crippen molar-refractivity contribution in [3.8, 4) is 0 Å². The van der Waals surface area contributed by atoms with Crippen molar-refractivity contribution >= 4 is 23.3 Å². The molecule has 1 rings (SSSR count). The lowest BCUT2D eigenvalue weighted by atomic mass is 10.3. The molecule has 122 valence electrons. The molecule has 0 saturated heterocycles. The minimum absolute atomic E-state index is 0.122. The molecule has 0 radical (unpaired) electrons. The van der Waals surface area contributed by atoms with E-state index in [1.54, 1.807) is 16.3 Å². The van der Waals surface area contributed by atoms with Crippen LogP contribution in [0.25, 0.3) is 0 Å². The summed E-state index contributed by atoms with van der Waals surface area (Å²) in [5.41, 5.74) is 0. The lowest BCUT2D eigenvalue weighted by molar-refractivity contribution is -0.125. The third-order valence-corrected chi connectivity index (χ3v) is 3.28. The summed E-state index contributed by atoms with van der Waals surface area (Å²) in [5, 5.41) is 5.33. The number of nitrogens with zero attached hydrogens (tertiary/aromatic N) is 1. The first-order valence-corrected chi connectivity index (χ1v) is 7.18. The summed E-state index contributed by atoms with van der Waals surface area (Å²) in [5.74, 6) is -0.682. The Bertz CT molecular complexity index is 503. The Hall–Kier alpha value is -1.87. The Labute approximate surface area is 129 Å². The van der Waals surface area contributed by atoms with Gasteiger partial charge in [0.1, 0.15) is 6.54 Å². The van der Waals surface area contributed by atoms with Crippen LogP contribution in [0.5, 0.6) is 0 Å². The molecule has 0 bridgehead atoms. The predicted octanol–water partition coefficient (Wildman–Crippen LogP) is 2.12. The van der Waals surface area contributed by atoms with E-state index in [9.17, 15) is 22.8 Å². The molecule has 9 heteroatoms. The number of nitrogens with one attached hydrogen (secondary N) is 2. The molecular weight excluding hydrogens is 319 g/mol. The second kappa shape index (κ2) is 8.54. The van der Waals surface area contributed by atoms with E-state index in [1.807, 2.05) is 22.8 Å². The topological polar surface area (TPSA) is 61.4 Å². The van der Waals surface area contributed by atoms with Crippen molar-refractivity contribution in [2.45, 2.75) is 12.7 Å². The van der Waals surface area contributed by atoms with E-state index in [1.165, 1.54) is 11.3 Å². The molecule has 1 heterocycles. The van der Waals surface area contributed by atoms with Crippen molar-refractivity contribution in [2.75, 3.05) is 19.6 Å². The number of carbonyl (C=O) groups is 2. The predicted molar refractivity (Wildman–Crippen MR) is 77.4 cm³/mol. The standard InChI is InChI=1S/C13H16F3N3O2S/c1-2-5-19(7-10-4-3-6-22-10)8-11(20)18-12(21)17-9-13(14,15)16/h2-4,6H,1,5,7-9H2,(H2,17,18,20,21). The summed E-state index contributed by atoms with van der Waals surface area (Å²) in [6.45, 7) is 2.87. The molecule has 0 aromatic carbocycles. The molecule has 0 atom stereocenters. The Morgan fingerprint density at radius 2 is 2.14 bits per heavy atom. The Balaban J connectivity index is 2.42. The molecule has 0 aliphatic rings. The molecule has 0 saturated carbocycles. The zero-order valence-corrected chi connectivity index (χ0v) is 12.5. The van der Waals surface area contributed by atoms with Gasteiger partial charge in [-0.05, 0) is 11.4 Å². The van der Waals surface area contributed by atoms with Crippen LogP contribution in [-0.2, 0) is 11.3 Å². The van der Waals surface area contributed by atoms with E-state index in [2.05, 4.69) is 6.58 Å². The number of halogens is 3. The number of carbonyl (C=O) groups excluding carboxylic acids is 2. The van der Waals surface area contributed by atoms with Gasteiger partial charge in [-0.1, -0.05) is 12.1 Å². The highest BCUT2D eigenvalue weighted by Gasteiger charge is 2.28. The van der Waals surface area contributed by atoms with Crippen LogP contribution in [0.4, 0.5) is 18.0 Å². The molecule has 1 aromatic heterocycles. The Kier molecular flexibility index (Phi) is 7.06. The summed E-state index contributed by atoms with van der Waals surface area (Å²) < 4.78 is 35.8. The van der Waals surface area contributed by atoms with Gasteiger partial charge in [0, 0.05) is 18.0 Å². The first kappa shape index (κ1) is 18.2. The number of hydrogen-bond donors (Lipinski definition) is 2. The monoisotopic (exact) mass is 335 g/mol. The van der Waals surface area contributed by atoms with Gasteiger partial charge in [0.15, 0.2) is 0 Å². The number of alkyl halides is 3. The van der Waals surface area contributed by atoms with Gasteiger partial charge in [0.25, 0.3) is 0 Å². The van der Waals surface area contributed by atoms with Gasteiger partial charge in [-0.2, -0.15) is 13.2 Å². The minimum atomic E-state index is -4.52. The SMILES string of the molecule is C=CCN(CC(=O)NC(=O)NCC(F)(F)F)Cc1cccs1. The highest BCUT2D eigenvalue weighted by atomic mass is 32.1. The van der Waals surface area contributed by atoms with Crippen molar-refractivity contribution in [3.63, 3.8) is 0 Å². The number of amides is 3. The average molecular weight is 335 g/mol. The molecule has 3 amide bonds. The van der Waals surface area contributed by atoms with Gasteiger partial charge in [-0.3, -0.25) is 15.0 Å². The molecule has 22 heavy (non-hydrogen) atoms. The quantitative estimate of drug-likeness (QED) is 0.751. The van der Waals surface area contributed by atoms with Gasteiger partial charge < -0.3 is 5.32 Å². The molecule has 5 nitrogen and oxygen atoms in total. The molecule has 0 aliphatic heterocycles. The molecule has 1 aromatic rings. The third-order valence-electron chi connectivity index (χ3n) is 2.42. The van der Waals surface area contributed by atoms with Crippen LogP contribution in [0.15, 0.2) is 30.2 Å². The zero-order valence-electron chi connectivity index (χ0n) is 11.7. The lowest BCUT2D eigenvalue weighted by Gasteiger charge is -2.19. The van der Waals surface area contributed by atoms with Crippen LogP contribution in [0.1, 0.15) is 4.88 Å². The summed E-state index contributed by atoms with van der Waals surface area (Å²) in [7, 11) is 0. The third kappa shape index (κ3) is 7.79. The van der Waals surface area contributed by atoms with E-state index in [4.69, 9.17) is 0 Å². The largest absolute Gasteiger partial charge is 0.405 e. The maximum atomic E-state index is 11.9. The Morgan fingerprint density at radius 1 is 1.41 bits per heavy atom. The fraction of sp³-hybridized carbons (Fsp3) is 0.385. The van der Waals surface area contributed by atoms with Crippen molar-refractivity contribution in [1.29, 1.82) is 0 Å². The lowest BCUT2D eigenvalue weighted by Crippen LogP contribution is -2.46. The second-order valence-electron chi connectivity index (χ2n) is 4.38. The van der Waals surface area contributed by atoms with Crippen LogP contribution in [0, 0.1) is 0 Å². The van der Waals surface area contributed by atoms with Gasteiger partial charge in [-0.25, -0.2) is 4.79 Å². The van der Waals surface area contributed by atoms with Crippen LogP contribution in [0.2, 0.25) is 0 Å². The zero-order chi connectivity index (χ0) is 16.6. The smallest absolute Gasteiger partial charge is 0.329 e. The fourth-order valence-electron chi connectivity index (χ4n) is 1.58. The summed E-state index contributed by atoms with van der Waals surface area (Å²) in [6, 6.07) is 2.60.